The highest BCUT2D eigenvalue weighted by Gasteiger charge is 2.63. The van der Waals surface area contributed by atoms with Crippen LogP contribution >= 0.6 is 12.4 Å². The third-order valence-electron chi connectivity index (χ3n) is 6.11. The molecule has 6 nitrogen and oxygen atoms in total. The van der Waals surface area contributed by atoms with Crippen molar-refractivity contribution in [3.8, 4) is 0 Å². The number of nitrogens with zero attached hydrogens (tertiary/aromatic N) is 1. The molecule has 0 bridgehead atoms. The third-order valence-corrected chi connectivity index (χ3v) is 6.11. The van der Waals surface area contributed by atoms with Gasteiger partial charge in [-0.2, -0.15) is 0 Å². The molecule has 152 valence electrons. The number of halogens is 1. The van der Waals surface area contributed by atoms with E-state index in [9.17, 15) is 9.59 Å². The van der Waals surface area contributed by atoms with Crippen molar-refractivity contribution in [1.29, 1.82) is 0 Å². The summed E-state index contributed by atoms with van der Waals surface area (Å²) in [5, 5.41) is 2.99. The van der Waals surface area contributed by atoms with Gasteiger partial charge in [0.05, 0.1) is 6.10 Å². The molecule has 3 N–H and O–H groups in total. The molecule has 1 heterocycles. The minimum atomic E-state index is -0.851. The Morgan fingerprint density at radius 3 is 2.54 bits per heavy atom. The lowest BCUT2D eigenvalue weighted by atomic mass is 9.54. The van der Waals surface area contributed by atoms with Crippen LogP contribution in [0.25, 0.3) is 0 Å². The van der Waals surface area contributed by atoms with Crippen molar-refractivity contribution in [2.75, 3.05) is 26.2 Å². The van der Waals surface area contributed by atoms with Crippen LogP contribution < -0.4 is 11.1 Å². The maximum atomic E-state index is 13.1. The molecule has 1 saturated carbocycles. The van der Waals surface area contributed by atoms with Gasteiger partial charge in [-0.15, -0.1) is 12.4 Å². The first kappa shape index (κ1) is 23.2. The zero-order valence-electron chi connectivity index (χ0n) is 16.8. The fraction of sp³-hybridized carbons (Fsp3) is 0.895. The zero-order chi connectivity index (χ0) is 18.8. The Hall–Kier alpha value is -0.850. The van der Waals surface area contributed by atoms with Crippen LogP contribution in [-0.4, -0.2) is 54.6 Å². The first-order chi connectivity index (χ1) is 11.6. The molecule has 0 aromatic rings. The monoisotopic (exact) mass is 389 g/mol. The molecule has 2 aliphatic rings. The highest BCUT2D eigenvalue weighted by molar-refractivity contribution is 5.89. The zero-order valence-corrected chi connectivity index (χ0v) is 17.7. The number of nitrogens with two attached hydrogens (primary N) is 1. The SMILES string of the molecule is CCOC1CC(N)(C(=O)N2CCCC(CNC(=O)C(C)C)C2)C1(C)C.Cl. The lowest BCUT2D eigenvalue weighted by molar-refractivity contribution is -0.180. The van der Waals surface area contributed by atoms with Gasteiger partial charge in [-0.05, 0) is 25.7 Å². The van der Waals surface area contributed by atoms with Gasteiger partial charge < -0.3 is 20.7 Å². The minimum absolute atomic E-state index is 0. The van der Waals surface area contributed by atoms with Crippen LogP contribution in [0.2, 0.25) is 0 Å². The molecule has 2 rings (SSSR count). The number of hydrogen-bond acceptors (Lipinski definition) is 4. The lowest BCUT2D eigenvalue weighted by Gasteiger charge is -2.59. The molecule has 0 spiro atoms. The fourth-order valence-corrected chi connectivity index (χ4v) is 3.95. The summed E-state index contributed by atoms with van der Waals surface area (Å²) in [5.41, 5.74) is 5.33. The van der Waals surface area contributed by atoms with Crippen molar-refractivity contribution in [2.24, 2.45) is 23.0 Å². The Morgan fingerprint density at radius 2 is 2.00 bits per heavy atom. The number of rotatable bonds is 6. The number of likely N-dealkylation sites (tertiary alicyclic amines) is 1. The van der Waals surface area contributed by atoms with Crippen LogP contribution in [-0.2, 0) is 14.3 Å². The molecule has 26 heavy (non-hydrogen) atoms. The topological polar surface area (TPSA) is 84.7 Å². The summed E-state index contributed by atoms with van der Waals surface area (Å²) in [6.45, 7) is 12.5. The molecule has 3 atom stereocenters. The van der Waals surface area contributed by atoms with E-state index in [-0.39, 0.29) is 41.7 Å². The van der Waals surface area contributed by atoms with Gasteiger partial charge in [0.15, 0.2) is 0 Å². The van der Waals surface area contributed by atoms with Gasteiger partial charge in [0, 0.05) is 44.0 Å². The molecule has 7 heteroatoms. The van der Waals surface area contributed by atoms with Gasteiger partial charge in [0.25, 0.3) is 0 Å². The Labute approximate surface area is 164 Å². The van der Waals surface area contributed by atoms with E-state index < -0.39 is 5.54 Å². The Kier molecular flexibility index (Phi) is 7.93. The number of amides is 2. The first-order valence-corrected chi connectivity index (χ1v) is 9.61. The van der Waals surface area contributed by atoms with Gasteiger partial charge >= 0.3 is 0 Å². The number of carbonyl (C=O) groups is 2. The summed E-state index contributed by atoms with van der Waals surface area (Å²) < 4.78 is 5.74. The summed E-state index contributed by atoms with van der Waals surface area (Å²) in [6.07, 6.45) is 2.61. The van der Waals surface area contributed by atoms with Crippen LogP contribution in [0.15, 0.2) is 0 Å². The standard InChI is InChI=1S/C19H35N3O3.ClH/c1-6-25-15-10-19(20,18(15,4)5)17(24)22-9-7-8-14(12-22)11-21-16(23)13(2)3;/h13-15H,6-12,20H2,1-5H3,(H,21,23);1H. The van der Waals surface area contributed by atoms with E-state index >= 15 is 0 Å². The Morgan fingerprint density at radius 1 is 1.35 bits per heavy atom. The predicted molar refractivity (Wildman–Crippen MR) is 105 cm³/mol. The number of piperidine rings is 1. The number of carbonyl (C=O) groups excluding carboxylic acids is 2. The van der Waals surface area contributed by atoms with Gasteiger partial charge in [0.1, 0.15) is 5.54 Å². The Balaban J connectivity index is 0.00000338. The number of ether oxygens (including phenoxy) is 1. The molecule has 2 fully saturated rings. The average molecular weight is 390 g/mol. The van der Waals surface area contributed by atoms with E-state index in [0.29, 0.717) is 32.0 Å². The van der Waals surface area contributed by atoms with E-state index in [1.165, 1.54) is 0 Å². The van der Waals surface area contributed by atoms with Crippen LogP contribution in [0.3, 0.4) is 0 Å². The summed E-state index contributed by atoms with van der Waals surface area (Å²) in [4.78, 5) is 26.8. The number of hydrogen-bond donors (Lipinski definition) is 2. The average Bonchev–Trinajstić information content (AvgIpc) is 2.58. The molecular weight excluding hydrogens is 354 g/mol. The Bertz CT molecular complexity index is 512. The van der Waals surface area contributed by atoms with Gasteiger partial charge in [-0.25, -0.2) is 0 Å². The maximum Gasteiger partial charge on any atom is 0.243 e. The van der Waals surface area contributed by atoms with Gasteiger partial charge in [-0.3, -0.25) is 9.59 Å². The largest absolute Gasteiger partial charge is 0.378 e. The molecule has 3 unspecified atom stereocenters. The summed E-state index contributed by atoms with van der Waals surface area (Å²) >= 11 is 0. The molecule has 0 radical (unpaired) electrons. The normalized spacial score (nSPS) is 30.3. The predicted octanol–water partition coefficient (Wildman–Crippen LogP) is 1.95. The molecule has 2 amide bonds. The van der Waals surface area contributed by atoms with Crippen molar-refractivity contribution in [1.82, 2.24) is 10.2 Å². The van der Waals surface area contributed by atoms with Crippen LogP contribution in [0.5, 0.6) is 0 Å². The van der Waals surface area contributed by atoms with Gasteiger partial charge in [-0.1, -0.05) is 27.7 Å². The summed E-state index contributed by atoms with van der Waals surface area (Å²) in [5.74, 6) is 0.390. The lowest BCUT2D eigenvalue weighted by Crippen LogP contribution is -2.76. The fourth-order valence-electron chi connectivity index (χ4n) is 3.95. The van der Waals surface area contributed by atoms with Crippen molar-refractivity contribution < 1.29 is 14.3 Å². The molecular formula is C19H36ClN3O3. The van der Waals surface area contributed by atoms with Crippen molar-refractivity contribution in [2.45, 2.75) is 65.5 Å². The van der Waals surface area contributed by atoms with Crippen LogP contribution in [0.4, 0.5) is 0 Å². The number of nitrogens with one attached hydrogen (secondary N) is 1. The second-order valence-electron chi connectivity index (χ2n) is 8.50. The maximum absolute atomic E-state index is 13.1. The smallest absolute Gasteiger partial charge is 0.243 e. The minimum Gasteiger partial charge on any atom is -0.378 e. The second kappa shape index (κ2) is 8.89. The second-order valence-corrected chi connectivity index (χ2v) is 8.50. The quantitative estimate of drug-likeness (QED) is 0.727. The summed E-state index contributed by atoms with van der Waals surface area (Å²) in [7, 11) is 0. The van der Waals surface area contributed by atoms with Crippen molar-refractivity contribution in [3.63, 3.8) is 0 Å². The van der Waals surface area contributed by atoms with Gasteiger partial charge in [0.2, 0.25) is 11.8 Å². The van der Waals surface area contributed by atoms with Crippen LogP contribution in [0, 0.1) is 17.3 Å². The van der Waals surface area contributed by atoms with E-state index in [2.05, 4.69) is 5.32 Å². The molecule has 1 saturated heterocycles. The van der Waals surface area contributed by atoms with Crippen molar-refractivity contribution >= 4 is 24.2 Å². The molecule has 1 aliphatic heterocycles. The summed E-state index contributed by atoms with van der Waals surface area (Å²) in [6, 6.07) is 0. The van der Waals surface area contributed by atoms with Crippen molar-refractivity contribution in [3.05, 3.63) is 0 Å². The molecule has 1 aliphatic carbocycles. The van der Waals surface area contributed by atoms with E-state index in [0.717, 1.165) is 19.4 Å². The highest BCUT2D eigenvalue weighted by atomic mass is 35.5. The highest BCUT2D eigenvalue weighted by Crippen LogP contribution is 2.50. The molecule has 0 aromatic carbocycles. The van der Waals surface area contributed by atoms with Crippen LogP contribution in [0.1, 0.15) is 53.9 Å². The third kappa shape index (κ3) is 4.34. The van der Waals surface area contributed by atoms with E-state index in [1.807, 2.05) is 39.5 Å². The van der Waals surface area contributed by atoms with E-state index in [4.69, 9.17) is 10.5 Å². The molecule has 0 aromatic heterocycles. The first-order valence-electron chi connectivity index (χ1n) is 9.61. The van der Waals surface area contributed by atoms with E-state index in [1.54, 1.807) is 0 Å².